The van der Waals surface area contributed by atoms with Gasteiger partial charge in [-0.2, -0.15) is 13.2 Å². The van der Waals surface area contributed by atoms with Crippen LogP contribution in [0.3, 0.4) is 0 Å². The van der Waals surface area contributed by atoms with E-state index < -0.39 is 28.5 Å². The van der Waals surface area contributed by atoms with Crippen molar-refractivity contribution in [3.8, 4) is 0 Å². The van der Waals surface area contributed by atoms with Crippen molar-refractivity contribution in [1.29, 1.82) is 0 Å². The van der Waals surface area contributed by atoms with Gasteiger partial charge in [-0.25, -0.2) is 13.4 Å². The molecule has 0 bridgehead atoms. The third kappa shape index (κ3) is 4.65. The van der Waals surface area contributed by atoms with E-state index in [0.29, 0.717) is 13.1 Å². The van der Waals surface area contributed by atoms with Gasteiger partial charge in [-0.15, -0.1) is 0 Å². The molecule has 2 aliphatic rings. The van der Waals surface area contributed by atoms with Crippen LogP contribution in [0.2, 0.25) is 0 Å². The van der Waals surface area contributed by atoms with E-state index in [-0.39, 0.29) is 29.9 Å². The smallest absolute Gasteiger partial charge is 0.410 e. The SMILES string of the molecule is O=C(OCc1ccccc1)N1CC2CS(=O)(=NCC(F)(F)F)CC2C1. The van der Waals surface area contributed by atoms with Crippen LogP contribution in [0.15, 0.2) is 34.7 Å². The summed E-state index contributed by atoms with van der Waals surface area (Å²) in [7, 11) is -2.82. The van der Waals surface area contributed by atoms with Gasteiger partial charge in [0.15, 0.2) is 0 Å². The van der Waals surface area contributed by atoms with E-state index in [2.05, 4.69) is 4.36 Å². The van der Waals surface area contributed by atoms with Gasteiger partial charge in [0.2, 0.25) is 0 Å². The first-order valence-corrected chi connectivity index (χ1v) is 9.80. The Morgan fingerprint density at radius 2 is 1.80 bits per heavy atom. The number of hydrogen-bond donors (Lipinski definition) is 0. The molecule has 1 amide bonds. The minimum Gasteiger partial charge on any atom is -0.445 e. The van der Waals surface area contributed by atoms with Gasteiger partial charge >= 0.3 is 12.3 Å². The minimum atomic E-state index is -4.44. The van der Waals surface area contributed by atoms with E-state index in [4.69, 9.17) is 4.74 Å². The lowest BCUT2D eigenvalue weighted by Gasteiger charge is -2.17. The molecule has 2 aliphatic heterocycles. The van der Waals surface area contributed by atoms with E-state index in [1.54, 1.807) is 4.90 Å². The number of benzene rings is 1. The Balaban J connectivity index is 1.53. The van der Waals surface area contributed by atoms with E-state index in [1.807, 2.05) is 30.3 Å². The summed E-state index contributed by atoms with van der Waals surface area (Å²) >= 11 is 0. The average molecular weight is 376 g/mol. The molecule has 0 radical (unpaired) electrons. The Bertz CT molecular complexity index is 725. The zero-order valence-electron chi connectivity index (χ0n) is 13.4. The number of carbonyl (C=O) groups excluding carboxylic acids is 1. The highest BCUT2D eigenvalue weighted by Gasteiger charge is 2.45. The van der Waals surface area contributed by atoms with Gasteiger partial charge in [0, 0.05) is 34.3 Å². The maximum absolute atomic E-state index is 12.4. The summed E-state index contributed by atoms with van der Waals surface area (Å²) < 4.78 is 57.9. The summed E-state index contributed by atoms with van der Waals surface area (Å²) in [4.78, 5) is 13.7. The lowest BCUT2D eigenvalue weighted by molar-refractivity contribution is -0.117. The molecule has 5 nitrogen and oxygen atoms in total. The third-order valence-corrected chi connectivity index (χ3v) is 6.97. The molecule has 25 heavy (non-hydrogen) atoms. The molecule has 138 valence electrons. The number of rotatable bonds is 3. The van der Waals surface area contributed by atoms with Crippen molar-refractivity contribution in [3.63, 3.8) is 0 Å². The largest absolute Gasteiger partial charge is 0.445 e. The first-order chi connectivity index (χ1) is 11.7. The maximum atomic E-state index is 12.4. The van der Waals surface area contributed by atoms with Crippen LogP contribution in [-0.4, -0.2) is 52.5 Å². The second kappa shape index (κ2) is 6.86. The van der Waals surface area contributed by atoms with E-state index in [9.17, 15) is 22.2 Å². The van der Waals surface area contributed by atoms with Gasteiger partial charge in [0.1, 0.15) is 13.2 Å². The second-order valence-electron chi connectivity index (χ2n) is 6.47. The van der Waals surface area contributed by atoms with Crippen molar-refractivity contribution in [2.45, 2.75) is 12.8 Å². The quantitative estimate of drug-likeness (QED) is 0.815. The molecule has 1 aromatic rings. The summed E-state index contributed by atoms with van der Waals surface area (Å²) in [5.41, 5.74) is 0.879. The van der Waals surface area contributed by atoms with Gasteiger partial charge < -0.3 is 9.64 Å². The minimum absolute atomic E-state index is 0.0752. The zero-order valence-corrected chi connectivity index (χ0v) is 14.3. The Hall–Kier alpha value is -1.77. The van der Waals surface area contributed by atoms with Gasteiger partial charge in [-0.3, -0.25) is 0 Å². The maximum Gasteiger partial charge on any atom is 0.410 e. The summed E-state index contributed by atoms with van der Waals surface area (Å²) in [6.45, 7) is -0.481. The van der Waals surface area contributed by atoms with E-state index in [1.165, 1.54) is 0 Å². The molecular formula is C16H19F3N2O3S. The third-order valence-electron chi connectivity index (χ3n) is 4.47. The van der Waals surface area contributed by atoms with Gasteiger partial charge in [-0.05, 0) is 17.4 Å². The second-order valence-corrected chi connectivity index (χ2v) is 8.94. The number of ether oxygens (including phenoxy) is 1. The Morgan fingerprint density at radius 3 is 2.36 bits per heavy atom. The van der Waals surface area contributed by atoms with Gasteiger partial charge in [0.05, 0.1) is 0 Å². The molecule has 2 fully saturated rings. The van der Waals surface area contributed by atoms with E-state index >= 15 is 0 Å². The molecule has 2 unspecified atom stereocenters. The van der Waals surface area contributed by atoms with Crippen LogP contribution in [-0.2, 0) is 21.1 Å². The molecule has 0 N–H and O–H groups in total. The zero-order chi connectivity index (χ0) is 18.1. The molecule has 1 aromatic carbocycles. The van der Waals surface area contributed by atoms with Crippen molar-refractivity contribution in [2.75, 3.05) is 31.1 Å². The normalized spacial score (nSPS) is 28.7. The Kier molecular flexibility index (Phi) is 4.95. The highest BCUT2D eigenvalue weighted by Crippen LogP contribution is 2.34. The molecule has 2 saturated heterocycles. The fourth-order valence-corrected chi connectivity index (χ4v) is 6.13. The number of fused-ring (bicyclic) bond motifs is 1. The molecule has 0 spiro atoms. The molecular weight excluding hydrogens is 357 g/mol. The topological polar surface area (TPSA) is 59.0 Å². The molecule has 9 heteroatoms. The number of halogens is 3. The monoisotopic (exact) mass is 376 g/mol. The number of hydrogen-bond acceptors (Lipinski definition) is 4. The Morgan fingerprint density at radius 1 is 1.20 bits per heavy atom. The number of alkyl halides is 3. The fourth-order valence-electron chi connectivity index (χ4n) is 3.31. The van der Waals surface area contributed by atoms with Crippen molar-refractivity contribution >= 4 is 15.8 Å². The van der Waals surface area contributed by atoms with Crippen molar-refractivity contribution in [2.24, 2.45) is 16.2 Å². The molecule has 3 rings (SSSR count). The van der Waals surface area contributed by atoms with Crippen molar-refractivity contribution in [3.05, 3.63) is 35.9 Å². The summed E-state index contributed by atoms with van der Waals surface area (Å²) in [6, 6.07) is 9.27. The molecule has 0 aliphatic carbocycles. The average Bonchev–Trinajstić information content (AvgIpc) is 3.07. The standard InChI is InChI=1S/C16H19F3N2O3S/c17-16(18,19)11-20-25(23)9-13-6-21(7-14(13)10-25)15(22)24-8-12-4-2-1-3-5-12/h1-5,13-14H,6-11H2. The predicted octanol–water partition coefficient (Wildman–Crippen LogP) is 2.92. The molecule has 0 saturated carbocycles. The van der Waals surface area contributed by atoms with Crippen LogP contribution < -0.4 is 0 Å². The Labute approximate surface area is 144 Å². The van der Waals surface area contributed by atoms with Crippen LogP contribution in [0.25, 0.3) is 0 Å². The highest BCUT2D eigenvalue weighted by molar-refractivity contribution is 7.93. The highest BCUT2D eigenvalue weighted by atomic mass is 32.2. The van der Waals surface area contributed by atoms with Crippen molar-refractivity contribution in [1.82, 2.24) is 4.90 Å². The molecule has 2 heterocycles. The summed E-state index contributed by atoms with van der Waals surface area (Å²) in [5.74, 6) is 0.0920. The predicted molar refractivity (Wildman–Crippen MR) is 86.4 cm³/mol. The molecule has 2 atom stereocenters. The number of nitrogens with zero attached hydrogens (tertiary/aromatic N) is 2. The van der Waals surface area contributed by atoms with Gasteiger partial charge in [-0.1, -0.05) is 30.3 Å². The number of carbonyl (C=O) groups is 1. The number of amides is 1. The van der Waals surface area contributed by atoms with Crippen LogP contribution in [0.1, 0.15) is 5.56 Å². The van der Waals surface area contributed by atoms with Gasteiger partial charge in [0.25, 0.3) is 0 Å². The van der Waals surface area contributed by atoms with Crippen LogP contribution in [0, 0.1) is 11.8 Å². The fraction of sp³-hybridized carbons (Fsp3) is 0.562. The lowest BCUT2D eigenvalue weighted by atomic mass is 10.0. The lowest BCUT2D eigenvalue weighted by Crippen LogP contribution is -2.31. The van der Waals surface area contributed by atoms with Crippen LogP contribution in [0.5, 0.6) is 0 Å². The summed E-state index contributed by atoms with van der Waals surface area (Å²) in [6.07, 6.45) is -4.88. The van der Waals surface area contributed by atoms with Crippen molar-refractivity contribution < 1.29 is 26.9 Å². The summed E-state index contributed by atoms with van der Waals surface area (Å²) in [5, 5.41) is 0. The first kappa shape index (κ1) is 18.0. The van der Waals surface area contributed by atoms with Crippen LogP contribution in [0.4, 0.5) is 18.0 Å². The number of likely N-dealkylation sites (tertiary alicyclic amines) is 1. The first-order valence-electron chi connectivity index (χ1n) is 7.95. The van der Waals surface area contributed by atoms with E-state index in [0.717, 1.165) is 5.56 Å². The molecule has 0 aromatic heterocycles. The van der Waals surface area contributed by atoms with Crippen LogP contribution >= 0.6 is 0 Å².